The number of rotatable bonds is 9. The van der Waals surface area contributed by atoms with Gasteiger partial charge in [0.2, 0.25) is 0 Å². The third-order valence-corrected chi connectivity index (χ3v) is 5.82. The highest BCUT2D eigenvalue weighted by Gasteiger charge is 2.38. The third kappa shape index (κ3) is 7.26. The van der Waals surface area contributed by atoms with E-state index in [1.54, 1.807) is 6.20 Å². The van der Waals surface area contributed by atoms with Crippen LogP contribution in [0.3, 0.4) is 0 Å². The summed E-state index contributed by atoms with van der Waals surface area (Å²) < 4.78 is 7.60. The molecule has 176 valence electrons. The van der Waals surface area contributed by atoms with Gasteiger partial charge in [0.05, 0.1) is 12.9 Å². The maximum absolute atomic E-state index is 13.4. The Hall–Kier alpha value is -2.54. The Kier molecular flexibility index (Phi) is 7.82. The van der Waals surface area contributed by atoms with Crippen LogP contribution in [-0.2, 0) is 13.1 Å². The van der Waals surface area contributed by atoms with E-state index in [-0.39, 0.29) is 23.2 Å². The Morgan fingerprint density at radius 2 is 1.91 bits per heavy atom. The van der Waals surface area contributed by atoms with E-state index in [1.165, 1.54) is 0 Å². The molecule has 0 saturated carbocycles. The largest absolute Gasteiger partial charge is 0.494 e. The van der Waals surface area contributed by atoms with Crippen molar-refractivity contribution in [3.63, 3.8) is 0 Å². The molecule has 1 aliphatic heterocycles. The Balaban J connectivity index is 1.66. The van der Waals surface area contributed by atoms with Gasteiger partial charge in [-0.3, -0.25) is 0 Å². The number of amides is 2. The van der Waals surface area contributed by atoms with E-state index in [1.807, 2.05) is 53.2 Å². The van der Waals surface area contributed by atoms with E-state index in [4.69, 9.17) is 4.74 Å². The highest BCUT2D eigenvalue weighted by Crippen LogP contribution is 2.28. The first-order valence-electron chi connectivity index (χ1n) is 11.7. The zero-order valence-corrected chi connectivity index (χ0v) is 20.2. The SMILES string of the molecule is CCOc1ccc(CN(CCCn2ccnc2)C(=O)NC2CC(C)(C)NC(C)(C)C2)cc1. The van der Waals surface area contributed by atoms with Crippen molar-refractivity contribution < 1.29 is 9.53 Å². The number of hydrogen-bond donors (Lipinski definition) is 2. The zero-order chi connectivity index (χ0) is 23.2. The van der Waals surface area contributed by atoms with Crippen molar-refractivity contribution in [2.45, 2.75) is 84.1 Å². The van der Waals surface area contributed by atoms with Crippen LogP contribution in [0.15, 0.2) is 43.0 Å². The van der Waals surface area contributed by atoms with Crippen molar-refractivity contribution in [2.24, 2.45) is 0 Å². The number of hydrogen-bond acceptors (Lipinski definition) is 4. The number of carbonyl (C=O) groups is 1. The molecule has 32 heavy (non-hydrogen) atoms. The van der Waals surface area contributed by atoms with Crippen LogP contribution in [-0.4, -0.2) is 50.8 Å². The van der Waals surface area contributed by atoms with Crippen LogP contribution in [0.4, 0.5) is 4.79 Å². The van der Waals surface area contributed by atoms with Gasteiger partial charge in [-0.1, -0.05) is 12.1 Å². The van der Waals surface area contributed by atoms with Gasteiger partial charge in [0.15, 0.2) is 0 Å². The standard InChI is InChI=1S/C25H39N5O2/c1-6-32-22-10-8-20(9-11-22)18-30(14-7-13-29-15-12-26-19-29)23(31)27-21-16-24(2,3)28-25(4,5)17-21/h8-12,15,19,21,28H,6-7,13-14,16-18H2,1-5H3,(H,27,31). The smallest absolute Gasteiger partial charge is 0.317 e. The molecule has 1 saturated heterocycles. The minimum atomic E-state index is -0.0128. The molecule has 7 heteroatoms. The first-order chi connectivity index (χ1) is 15.2. The summed E-state index contributed by atoms with van der Waals surface area (Å²) in [5.41, 5.74) is 1.07. The highest BCUT2D eigenvalue weighted by atomic mass is 16.5. The summed E-state index contributed by atoms with van der Waals surface area (Å²) >= 11 is 0. The van der Waals surface area contributed by atoms with Gasteiger partial charge in [-0.05, 0) is 71.6 Å². The number of urea groups is 1. The summed E-state index contributed by atoms with van der Waals surface area (Å²) in [5.74, 6) is 0.853. The first-order valence-corrected chi connectivity index (χ1v) is 11.7. The van der Waals surface area contributed by atoms with Crippen molar-refractivity contribution in [1.82, 2.24) is 25.1 Å². The molecule has 0 aliphatic carbocycles. The average Bonchev–Trinajstić information content (AvgIpc) is 3.20. The number of benzene rings is 1. The molecule has 2 amide bonds. The Morgan fingerprint density at radius 1 is 1.22 bits per heavy atom. The molecule has 1 aromatic heterocycles. The second-order valence-corrected chi connectivity index (χ2v) is 10.1. The molecule has 0 radical (unpaired) electrons. The molecule has 3 rings (SSSR count). The molecule has 0 bridgehead atoms. The minimum absolute atomic E-state index is 0.00279. The van der Waals surface area contributed by atoms with Crippen molar-refractivity contribution in [3.8, 4) is 5.75 Å². The Morgan fingerprint density at radius 3 is 2.50 bits per heavy atom. The number of ether oxygens (including phenoxy) is 1. The predicted molar refractivity (Wildman–Crippen MR) is 128 cm³/mol. The minimum Gasteiger partial charge on any atom is -0.494 e. The Labute approximate surface area is 192 Å². The van der Waals surface area contributed by atoms with Crippen LogP contribution in [0.2, 0.25) is 0 Å². The molecule has 7 nitrogen and oxygen atoms in total. The molecule has 0 atom stereocenters. The van der Waals surface area contributed by atoms with Gasteiger partial charge in [-0.2, -0.15) is 0 Å². The first kappa shape index (κ1) is 24.1. The van der Waals surface area contributed by atoms with Crippen LogP contribution in [0.25, 0.3) is 0 Å². The van der Waals surface area contributed by atoms with Gasteiger partial charge in [-0.25, -0.2) is 9.78 Å². The monoisotopic (exact) mass is 441 g/mol. The molecule has 2 aromatic rings. The van der Waals surface area contributed by atoms with E-state index in [0.29, 0.717) is 19.7 Å². The van der Waals surface area contributed by atoms with Gasteiger partial charge in [-0.15, -0.1) is 0 Å². The third-order valence-electron chi connectivity index (χ3n) is 5.82. The van der Waals surface area contributed by atoms with E-state index in [0.717, 1.165) is 37.1 Å². The number of carbonyl (C=O) groups excluding carboxylic acids is 1. The molecular weight excluding hydrogens is 402 g/mol. The van der Waals surface area contributed by atoms with Crippen molar-refractivity contribution in [2.75, 3.05) is 13.2 Å². The summed E-state index contributed by atoms with van der Waals surface area (Å²) in [4.78, 5) is 19.4. The summed E-state index contributed by atoms with van der Waals surface area (Å²) in [6.45, 7) is 13.5. The van der Waals surface area contributed by atoms with Crippen LogP contribution in [0.5, 0.6) is 5.75 Å². The topological polar surface area (TPSA) is 71.4 Å². The Bertz CT molecular complexity index is 830. The van der Waals surface area contributed by atoms with Crippen LogP contribution < -0.4 is 15.4 Å². The van der Waals surface area contributed by atoms with Crippen LogP contribution in [0.1, 0.15) is 59.4 Å². The van der Waals surface area contributed by atoms with Gasteiger partial charge < -0.3 is 24.8 Å². The number of aromatic nitrogens is 2. The second kappa shape index (κ2) is 10.4. The molecule has 2 heterocycles. The van der Waals surface area contributed by atoms with E-state index in [9.17, 15) is 4.79 Å². The number of aryl methyl sites for hydroxylation is 1. The molecule has 0 spiro atoms. The highest BCUT2D eigenvalue weighted by molar-refractivity contribution is 5.74. The van der Waals surface area contributed by atoms with E-state index < -0.39 is 0 Å². The molecule has 1 aromatic carbocycles. The zero-order valence-electron chi connectivity index (χ0n) is 20.2. The number of imidazole rings is 1. The van der Waals surface area contributed by atoms with Crippen LogP contribution in [0, 0.1) is 0 Å². The lowest BCUT2D eigenvalue weighted by Gasteiger charge is -2.47. The fraction of sp³-hybridized carbons (Fsp3) is 0.600. The maximum Gasteiger partial charge on any atom is 0.317 e. The summed E-state index contributed by atoms with van der Waals surface area (Å²) in [6, 6.07) is 8.17. The van der Waals surface area contributed by atoms with Crippen molar-refractivity contribution >= 4 is 6.03 Å². The number of nitrogens with one attached hydrogen (secondary N) is 2. The fourth-order valence-electron chi connectivity index (χ4n) is 4.88. The summed E-state index contributed by atoms with van der Waals surface area (Å²) in [6.07, 6.45) is 8.24. The number of nitrogens with zero attached hydrogens (tertiary/aromatic N) is 3. The van der Waals surface area contributed by atoms with Crippen molar-refractivity contribution in [1.29, 1.82) is 0 Å². The normalized spacial score (nSPS) is 17.7. The molecular formula is C25H39N5O2. The molecule has 1 aliphatic rings. The van der Waals surface area contributed by atoms with Crippen molar-refractivity contribution in [3.05, 3.63) is 48.5 Å². The second-order valence-electron chi connectivity index (χ2n) is 10.1. The molecule has 0 unspecified atom stereocenters. The van der Waals surface area contributed by atoms with Gasteiger partial charge >= 0.3 is 6.03 Å². The van der Waals surface area contributed by atoms with E-state index >= 15 is 0 Å². The lowest BCUT2D eigenvalue weighted by molar-refractivity contribution is 0.137. The predicted octanol–water partition coefficient (Wildman–Crippen LogP) is 4.19. The maximum atomic E-state index is 13.4. The van der Waals surface area contributed by atoms with Gasteiger partial charge in [0.25, 0.3) is 0 Å². The van der Waals surface area contributed by atoms with Gasteiger partial charge in [0, 0.05) is 49.1 Å². The van der Waals surface area contributed by atoms with Crippen LogP contribution >= 0.6 is 0 Å². The summed E-state index contributed by atoms with van der Waals surface area (Å²) in [5, 5.41) is 7.01. The van der Waals surface area contributed by atoms with Gasteiger partial charge in [0.1, 0.15) is 5.75 Å². The lowest BCUT2D eigenvalue weighted by atomic mass is 9.79. The lowest BCUT2D eigenvalue weighted by Crippen LogP contribution is -2.63. The fourth-order valence-corrected chi connectivity index (χ4v) is 4.88. The molecule has 2 N–H and O–H groups in total. The van der Waals surface area contributed by atoms with E-state index in [2.05, 4.69) is 43.3 Å². The number of piperidine rings is 1. The average molecular weight is 442 g/mol. The molecule has 1 fully saturated rings. The summed E-state index contributed by atoms with van der Waals surface area (Å²) in [7, 11) is 0. The quantitative estimate of drug-likeness (QED) is 0.612.